The first-order chi connectivity index (χ1) is 9.27. The fourth-order valence-corrected chi connectivity index (χ4v) is 2.37. The quantitative estimate of drug-likeness (QED) is 0.560. The Bertz CT molecular complexity index is 626. The lowest BCUT2D eigenvalue weighted by Crippen LogP contribution is -2.36. The highest BCUT2D eigenvalue weighted by molar-refractivity contribution is 7.89. The minimum Gasteiger partial charge on any atom is -0.507 e. The van der Waals surface area contributed by atoms with Gasteiger partial charge in [0.25, 0.3) is 0 Å². The van der Waals surface area contributed by atoms with E-state index >= 15 is 0 Å². The highest BCUT2D eigenvalue weighted by atomic mass is 32.2. The van der Waals surface area contributed by atoms with Gasteiger partial charge >= 0.3 is 5.97 Å². The summed E-state index contributed by atoms with van der Waals surface area (Å²) in [7, 11) is -4.03. The van der Waals surface area contributed by atoms with Gasteiger partial charge < -0.3 is 15.5 Å². The van der Waals surface area contributed by atoms with E-state index in [1.807, 2.05) is 4.72 Å². The number of carboxylic acids is 1. The summed E-state index contributed by atoms with van der Waals surface area (Å²) in [4.78, 5) is 21.6. The van der Waals surface area contributed by atoms with Crippen LogP contribution >= 0.6 is 0 Å². The van der Waals surface area contributed by atoms with Crippen LogP contribution in [0, 0.1) is 0 Å². The Labute approximate surface area is 115 Å². The van der Waals surface area contributed by atoms with Crippen molar-refractivity contribution in [2.24, 2.45) is 0 Å². The molecule has 0 atom stereocenters. The van der Waals surface area contributed by atoms with Crippen LogP contribution in [0.1, 0.15) is 17.3 Å². The Morgan fingerprint density at radius 2 is 1.95 bits per heavy atom. The number of aromatic hydroxyl groups is 1. The van der Waals surface area contributed by atoms with Crippen molar-refractivity contribution in [1.29, 1.82) is 0 Å². The summed E-state index contributed by atoms with van der Waals surface area (Å²) in [6.07, 6.45) is 0. The largest absolute Gasteiger partial charge is 0.507 e. The molecule has 20 heavy (non-hydrogen) atoms. The van der Waals surface area contributed by atoms with Crippen molar-refractivity contribution in [3.05, 3.63) is 23.8 Å². The van der Waals surface area contributed by atoms with Gasteiger partial charge in [0.05, 0.1) is 11.4 Å². The molecule has 8 nitrogen and oxygen atoms in total. The molecule has 1 aromatic rings. The smallest absolute Gasteiger partial charge is 0.339 e. The summed E-state index contributed by atoms with van der Waals surface area (Å²) in [5.74, 6) is -2.50. The monoisotopic (exact) mass is 302 g/mol. The maximum absolute atomic E-state index is 11.9. The van der Waals surface area contributed by atoms with E-state index in [0.29, 0.717) is 6.54 Å². The van der Waals surface area contributed by atoms with Crippen LogP contribution in [-0.4, -0.2) is 43.6 Å². The fourth-order valence-electron chi connectivity index (χ4n) is 1.36. The predicted molar refractivity (Wildman–Crippen MR) is 68.9 cm³/mol. The molecule has 1 amide bonds. The molecule has 0 bridgehead atoms. The lowest BCUT2D eigenvalue weighted by atomic mass is 10.2. The van der Waals surface area contributed by atoms with Gasteiger partial charge in [-0.3, -0.25) is 4.79 Å². The van der Waals surface area contributed by atoms with Crippen LogP contribution in [0.3, 0.4) is 0 Å². The standard InChI is InChI=1S/C11H14N2O6S/c1-2-12-10(15)6-13-20(18,19)7-3-4-9(14)8(5-7)11(16)17/h3-5,13-14H,2,6H2,1H3,(H,12,15)(H,16,17). The first-order valence-corrected chi connectivity index (χ1v) is 7.09. The molecule has 0 saturated heterocycles. The number of hydrogen-bond acceptors (Lipinski definition) is 5. The van der Waals surface area contributed by atoms with E-state index in [2.05, 4.69) is 5.32 Å². The molecule has 0 fully saturated rings. The number of hydrogen-bond donors (Lipinski definition) is 4. The number of rotatable bonds is 6. The highest BCUT2D eigenvalue weighted by Gasteiger charge is 2.19. The SMILES string of the molecule is CCNC(=O)CNS(=O)(=O)c1ccc(O)c(C(=O)O)c1. The summed E-state index contributed by atoms with van der Waals surface area (Å²) in [5, 5.41) is 20.5. The van der Waals surface area contributed by atoms with Crippen LogP contribution in [0.15, 0.2) is 23.1 Å². The summed E-state index contributed by atoms with van der Waals surface area (Å²) in [6.45, 7) is 1.59. The minimum absolute atomic E-state index is 0.350. The number of likely N-dealkylation sites (N-methyl/N-ethyl adjacent to an activating group) is 1. The first-order valence-electron chi connectivity index (χ1n) is 5.60. The van der Waals surface area contributed by atoms with Crippen LogP contribution in [0.5, 0.6) is 5.75 Å². The molecule has 110 valence electrons. The summed E-state index contributed by atoms with van der Waals surface area (Å²) >= 11 is 0. The summed E-state index contributed by atoms with van der Waals surface area (Å²) in [6, 6.07) is 2.82. The van der Waals surface area contributed by atoms with Crippen LogP contribution in [0.2, 0.25) is 0 Å². The van der Waals surface area contributed by atoms with Crippen molar-refractivity contribution in [3.8, 4) is 5.75 Å². The fraction of sp³-hybridized carbons (Fsp3) is 0.273. The average Bonchev–Trinajstić information content (AvgIpc) is 2.37. The normalized spacial score (nSPS) is 11.1. The predicted octanol–water partition coefficient (Wildman–Crippen LogP) is -0.495. The van der Waals surface area contributed by atoms with E-state index in [-0.39, 0.29) is 4.90 Å². The molecule has 0 aromatic heterocycles. The van der Waals surface area contributed by atoms with Crippen molar-refractivity contribution in [2.45, 2.75) is 11.8 Å². The second kappa shape index (κ2) is 6.35. The van der Waals surface area contributed by atoms with Crippen molar-refractivity contribution >= 4 is 21.9 Å². The maximum atomic E-state index is 11.9. The van der Waals surface area contributed by atoms with Gasteiger partial charge in [0.15, 0.2) is 0 Å². The molecule has 0 aliphatic carbocycles. The van der Waals surface area contributed by atoms with Crippen LogP contribution < -0.4 is 10.0 Å². The number of carbonyl (C=O) groups excluding carboxylic acids is 1. The number of carboxylic acid groups (broad SMARTS) is 1. The summed E-state index contributed by atoms with van der Waals surface area (Å²) in [5.41, 5.74) is -0.536. The molecule has 0 saturated carbocycles. The van der Waals surface area contributed by atoms with Crippen LogP contribution in [0.25, 0.3) is 0 Å². The third kappa shape index (κ3) is 3.93. The molecule has 1 aromatic carbocycles. The molecule has 0 unspecified atom stereocenters. The van der Waals surface area contributed by atoms with E-state index in [4.69, 9.17) is 5.11 Å². The van der Waals surface area contributed by atoms with Crippen molar-refractivity contribution in [2.75, 3.05) is 13.1 Å². The van der Waals surface area contributed by atoms with Gasteiger partial charge in [-0.2, -0.15) is 0 Å². The Hall–Kier alpha value is -2.13. The van der Waals surface area contributed by atoms with Crippen molar-refractivity contribution < 1.29 is 28.2 Å². The van der Waals surface area contributed by atoms with Gasteiger partial charge in [0.1, 0.15) is 11.3 Å². The van der Waals surface area contributed by atoms with Crippen molar-refractivity contribution in [1.82, 2.24) is 10.0 Å². The third-order valence-electron chi connectivity index (χ3n) is 2.31. The highest BCUT2D eigenvalue weighted by Crippen LogP contribution is 2.21. The second-order valence-corrected chi connectivity index (χ2v) is 5.53. The van der Waals surface area contributed by atoms with Gasteiger partial charge in [-0.15, -0.1) is 0 Å². The molecular formula is C11H14N2O6S. The summed E-state index contributed by atoms with van der Waals surface area (Å²) < 4.78 is 25.8. The number of benzene rings is 1. The molecule has 0 heterocycles. The van der Waals surface area contributed by atoms with Gasteiger partial charge in [0, 0.05) is 6.54 Å². The van der Waals surface area contributed by atoms with E-state index in [0.717, 1.165) is 18.2 Å². The van der Waals surface area contributed by atoms with Crippen molar-refractivity contribution in [3.63, 3.8) is 0 Å². The second-order valence-electron chi connectivity index (χ2n) is 3.76. The molecule has 0 radical (unpaired) electrons. The van der Waals surface area contributed by atoms with E-state index in [1.165, 1.54) is 0 Å². The van der Waals surface area contributed by atoms with E-state index < -0.39 is 39.8 Å². The Kier molecular flexibility index (Phi) is 5.06. The zero-order valence-corrected chi connectivity index (χ0v) is 11.4. The molecule has 0 aliphatic rings. The lowest BCUT2D eigenvalue weighted by Gasteiger charge is -2.08. The van der Waals surface area contributed by atoms with E-state index in [1.54, 1.807) is 6.92 Å². The molecular weight excluding hydrogens is 288 g/mol. The van der Waals surface area contributed by atoms with Gasteiger partial charge in [-0.25, -0.2) is 17.9 Å². The topological polar surface area (TPSA) is 133 Å². The first kappa shape index (κ1) is 15.9. The Morgan fingerprint density at radius 1 is 1.30 bits per heavy atom. The number of sulfonamides is 1. The van der Waals surface area contributed by atoms with Gasteiger partial charge in [0.2, 0.25) is 15.9 Å². The molecule has 0 aliphatic heterocycles. The number of nitrogens with one attached hydrogen (secondary N) is 2. The number of aromatic carboxylic acids is 1. The zero-order valence-electron chi connectivity index (χ0n) is 10.6. The van der Waals surface area contributed by atoms with Crippen LogP contribution in [0.4, 0.5) is 0 Å². The maximum Gasteiger partial charge on any atom is 0.339 e. The third-order valence-corrected chi connectivity index (χ3v) is 3.70. The molecule has 0 spiro atoms. The Morgan fingerprint density at radius 3 is 2.50 bits per heavy atom. The Balaban J connectivity index is 2.96. The van der Waals surface area contributed by atoms with E-state index in [9.17, 15) is 23.1 Å². The lowest BCUT2D eigenvalue weighted by molar-refractivity contribution is -0.119. The number of phenols is 1. The molecule has 1 rings (SSSR count). The average molecular weight is 302 g/mol. The number of carbonyl (C=O) groups is 2. The van der Waals surface area contributed by atoms with Gasteiger partial charge in [-0.05, 0) is 25.1 Å². The van der Waals surface area contributed by atoms with Gasteiger partial charge in [-0.1, -0.05) is 0 Å². The number of amides is 1. The molecule has 4 N–H and O–H groups in total. The minimum atomic E-state index is -4.03. The zero-order chi connectivity index (χ0) is 15.3. The van der Waals surface area contributed by atoms with Crippen LogP contribution in [-0.2, 0) is 14.8 Å². The molecule has 9 heteroatoms.